The van der Waals surface area contributed by atoms with Crippen molar-refractivity contribution in [3.63, 3.8) is 0 Å². The molecule has 0 radical (unpaired) electrons. The Morgan fingerprint density at radius 1 is 1.28 bits per heavy atom. The second-order valence-electron chi connectivity index (χ2n) is 6.89. The van der Waals surface area contributed by atoms with Crippen molar-refractivity contribution in [3.8, 4) is 0 Å². The van der Waals surface area contributed by atoms with Gasteiger partial charge in [0.25, 0.3) is 0 Å². The van der Waals surface area contributed by atoms with Crippen LogP contribution in [0.15, 0.2) is 0 Å². The quantitative estimate of drug-likeness (QED) is 0.721. The molecule has 18 heavy (non-hydrogen) atoms. The Hall–Kier alpha value is -0.370. The normalized spacial score (nSPS) is 25.4. The van der Waals surface area contributed by atoms with Crippen molar-refractivity contribution in [2.75, 3.05) is 20.1 Å². The Morgan fingerprint density at radius 3 is 2.50 bits per heavy atom. The molecule has 2 unspecified atom stereocenters. The zero-order valence-corrected chi connectivity index (χ0v) is 12.9. The van der Waals surface area contributed by atoms with Gasteiger partial charge in [-0.05, 0) is 50.6 Å². The van der Waals surface area contributed by atoms with E-state index >= 15 is 0 Å². The van der Waals surface area contributed by atoms with Gasteiger partial charge in [0.2, 0.25) is 0 Å². The molecule has 2 heteroatoms. The van der Waals surface area contributed by atoms with Crippen LogP contribution < -0.4 is 0 Å². The van der Waals surface area contributed by atoms with Crippen molar-refractivity contribution >= 4 is 5.78 Å². The van der Waals surface area contributed by atoms with Crippen LogP contribution >= 0.6 is 0 Å². The van der Waals surface area contributed by atoms with Gasteiger partial charge >= 0.3 is 0 Å². The number of rotatable bonds is 6. The first-order valence-electron chi connectivity index (χ1n) is 7.61. The van der Waals surface area contributed by atoms with Crippen molar-refractivity contribution < 1.29 is 4.79 Å². The molecule has 1 fully saturated rings. The summed E-state index contributed by atoms with van der Waals surface area (Å²) in [7, 11) is 2.16. The average molecular weight is 253 g/mol. The number of hydrogen-bond donors (Lipinski definition) is 0. The highest BCUT2D eigenvalue weighted by atomic mass is 16.1. The van der Waals surface area contributed by atoms with E-state index in [1.54, 1.807) is 0 Å². The van der Waals surface area contributed by atoms with Crippen molar-refractivity contribution in [3.05, 3.63) is 0 Å². The lowest BCUT2D eigenvalue weighted by atomic mass is 9.75. The first-order valence-corrected chi connectivity index (χ1v) is 7.61. The van der Waals surface area contributed by atoms with Crippen LogP contribution in [-0.4, -0.2) is 30.8 Å². The third-order valence-electron chi connectivity index (χ3n) is 4.37. The van der Waals surface area contributed by atoms with Crippen molar-refractivity contribution in [2.24, 2.45) is 23.7 Å². The van der Waals surface area contributed by atoms with Crippen molar-refractivity contribution in [2.45, 2.75) is 53.4 Å². The lowest BCUT2D eigenvalue weighted by Gasteiger charge is -2.33. The first-order chi connectivity index (χ1) is 8.40. The van der Waals surface area contributed by atoms with Crippen LogP contribution in [0.3, 0.4) is 0 Å². The monoisotopic (exact) mass is 253 g/mol. The number of carbonyl (C=O) groups is 1. The summed E-state index contributed by atoms with van der Waals surface area (Å²) >= 11 is 0. The second kappa shape index (κ2) is 7.28. The van der Waals surface area contributed by atoms with Crippen molar-refractivity contribution in [1.29, 1.82) is 0 Å². The molecule has 0 aromatic heterocycles. The van der Waals surface area contributed by atoms with Crippen molar-refractivity contribution in [1.82, 2.24) is 4.90 Å². The Morgan fingerprint density at radius 2 is 1.94 bits per heavy atom. The molecule has 0 bridgehead atoms. The van der Waals surface area contributed by atoms with Gasteiger partial charge in [-0.2, -0.15) is 0 Å². The SMILES string of the molecule is CC(C)CCN(C)CC1CC(C(C)C)CCC1=O. The maximum absolute atomic E-state index is 12.0. The van der Waals surface area contributed by atoms with Gasteiger partial charge in [-0.25, -0.2) is 0 Å². The molecule has 1 rings (SSSR count). The highest BCUT2D eigenvalue weighted by molar-refractivity contribution is 5.81. The number of Topliss-reactive ketones (excluding diaryl/α,β-unsaturated/α-hetero) is 1. The average Bonchev–Trinajstić information content (AvgIpc) is 2.29. The highest BCUT2D eigenvalue weighted by Gasteiger charge is 2.30. The van der Waals surface area contributed by atoms with Crippen LogP contribution in [0.25, 0.3) is 0 Å². The summed E-state index contributed by atoms with van der Waals surface area (Å²) in [4.78, 5) is 14.4. The van der Waals surface area contributed by atoms with Gasteiger partial charge in [0.15, 0.2) is 0 Å². The fraction of sp³-hybridized carbons (Fsp3) is 0.938. The Kier molecular flexibility index (Phi) is 6.34. The van der Waals surface area contributed by atoms with Crippen LogP contribution in [0.5, 0.6) is 0 Å². The molecule has 2 nitrogen and oxygen atoms in total. The molecule has 1 aliphatic carbocycles. The predicted octanol–water partition coefficient (Wildman–Crippen LogP) is 3.61. The first kappa shape index (κ1) is 15.7. The Balaban J connectivity index is 2.40. The molecule has 0 heterocycles. The summed E-state index contributed by atoms with van der Waals surface area (Å²) in [5, 5.41) is 0. The summed E-state index contributed by atoms with van der Waals surface area (Å²) in [5.41, 5.74) is 0. The fourth-order valence-corrected chi connectivity index (χ4v) is 2.87. The lowest BCUT2D eigenvalue weighted by Crippen LogP contribution is -2.36. The molecule has 106 valence electrons. The summed E-state index contributed by atoms with van der Waals surface area (Å²) in [6.07, 6.45) is 4.27. The summed E-state index contributed by atoms with van der Waals surface area (Å²) in [5.74, 6) is 3.03. The van der Waals surface area contributed by atoms with Gasteiger partial charge in [0.05, 0.1) is 0 Å². The van der Waals surface area contributed by atoms with E-state index in [-0.39, 0.29) is 0 Å². The van der Waals surface area contributed by atoms with Crippen LogP contribution in [0, 0.1) is 23.7 Å². The highest BCUT2D eigenvalue weighted by Crippen LogP contribution is 2.32. The van der Waals surface area contributed by atoms with Gasteiger partial charge in [-0.15, -0.1) is 0 Å². The molecule has 1 saturated carbocycles. The van der Waals surface area contributed by atoms with E-state index in [4.69, 9.17) is 0 Å². The van der Waals surface area contributed by atoms with Gasteiger partial charge in [-0.1, -0.05) is 27.7 Å². The molecular weight excluding hydrogens is 222 g/mol. The maximum atomic E-state index is 12.0. The van der Waals surface area contributed by atoms with Crippen LogP contribution in [0.1, 0.15) is 53.4 Å². The largest absolute Gasteiger partial charge is 0.306 e. The van der Waals surface area contributed by atoms with Crippen LogP contribution in [0.4, 0.5) is 0 Å². The number of ketones is 1. The van der Waals surface area contributed by atoms with E-state index in [9.17, 15) is 4.79 Å². The minimum Gasteiger partial charge on any atom is -0.306 e. The minimum absolute atomic E-state index is 0.295. The summed E-state index contributed by atoms with van der Waals surface area (Å²) < 4.78 is 0. The number of carbonyl (C=O) groups excluding carboxylic acids is 1. The zero-order valence-electron chi connectivity index (χ0n) is 12.9. The molecule has 0 aromatic carbocycles. The molecule has 0 N–H and O–H groups in total. The molecule has 0 spiro atoms. The van der Waals surface area contributed by atoms with E-state index in [1.165, 1.54) is 6.42 Å². The smallest absolute Gasteiger partial charge is 0.137 e. The van der Waals surface area contributed by atoms with Crippen LogP contribution in [0.2, 0.25) is 0 Å². The Labute approximate surface area is 113 Å². The van der Waals surface area contributed by atoms with Gasteiger partial charge in [0.1, 0.15) is 5.78 Å². The topological polar surface area (TPSA) is 20.3 Å². The van der Waals surface area contributed by atoms with E-state index in [0.717, 1.165) is 50.1 Å². The minimum atomic E-state index is 0.295. The standard InChI is InChI=1S/C16H31NO/c1-12(2)8-9-17(5)11-15-10-14(13(3)4)6-7-16(15)18/h12-15H,6-11H2,1-5H3. The summed E-state index contributed by atoms with van der Waals surface area (Å²) in [6, 6.07) is 0. The molecule has 0 saturated heterocycles. The lowest BCUT2D eigenvalue weighted by molar-refractivity contribution is -0.126. The van der Waals surface area contributed by atoms with E-state index in [1.807, 2.05) is 0 Å². The number of hydrogen-bond acceptors (Lipinski definition) is 2. The number of nitrogens with zero attached hydrogens (tertiary/aromatic N) is 1. The maximum Gasteiger partial charge on any atom is 0.137 e. The molecule has 1 aliphatic rings. The van der Waals surface area contributed by atoms with E-state index in [0.29, 0.717) is 11.7 Å². The second-order valence-corrected chi connectivity index (χ2v) is 6.89. The van der Waals surface area contributed by atoms with E-state index in [2.05, 4.69) is 39.6 Å². The molecule has 0 aliphatic heterocycles. The molecule has 0 amide bonds. The molecular formula is C16H31NO. The summed E-state index contributed by atoms with van der Waals surface area (Å²) in [6.45, 7) is 11.2. The zero-order chi connectivity index (χ0) is 13.7. The van der Waals surface area contributed by atoms with Crippen LogP contribution in [-0.2, 0) is 4.79 Å². The third kappa shape index (κ3) is 5.09. The van der Waals surface area contributed by atoms with Gasteiger partial charge in [-0.3, -0.25) is 4.79 Å². The molecule has 2 atom stereocenters. The predicted molar refractivity (Wildman–Crippen MR) is 77.6 cm³/mol. The van der Waals surface area contributed by atoms with Gasteiger partial charge < -0.3 is 4.90 Å². The Bertz CT molecular complexity index is 260. The van der Waals surface area contributed by atoms with E-state index < -0.39 is 0 Å². The fourth-order valence-electron chi connectivity index (χ4n) is 2.87. The third-order valence-corrected chi connectivity index (χ3v) is 4.37. The van der Waals surface area contributed by atoms with Gasteiger partial charge in [0, 0.05) is 18.9 Å². The molecule has 0 aromatic rings.